The van der Waals surface area contributed by atoms with E-state index in [9.17, 15) is 9.59 Å². The van der Waals surface area contributed by atoms with Crippen LogP contribution in [0.3, 0.4) is 0 Å². The van der Waals surface area contributed by atoms with Gasteiger partial charge in [-0.1, -0.05) is 54.6 Å². The molecule has 0 aliphatic carbocycles. The number of nitrogens with zero attached hydrogens (tertiary/aromatic N) is 3. The van der Waals surface area contributed by atoms with E-state index in [-0.39, 0.29) is 23.9 Å². The van der Waals surface area contributed by atoms with Gasteiger partial charge in [-0.2, -0.15) is 0 Å². The number of benzene rings is 3. The van der Waals surface area contributed by atoms with Crippen molar-refractivity contribution in [1.29, 1.82) is 0 Å². The first-order chi connectivity index (χ1) is 18.5. The van der Waals surface area contributed by atoms with Crippen molar-refractivity contribution in [2.75, 3.05) is 32.7 Å². The normalized spacial score (nSPS) is 18.8. The standard InChI is InChI=1S/C32H33N3O2S/c1-22-7-3-6-10-27(22)30-28-14-20-38-29(28)13-15-35(30)23(2)31(36)33-16-18-34(19-17-33)32(37)26-12-11-24-8-4-5-9-25(24)21-26/h3-12,14,20-21,23,30H,13,15-19H2,1-2H3/t23-,30+/m0/s1. The molecule has 2 aliphatic heterocycles. The molecule has 6 rings (SSSR count). The molecule has 0 radical (unpaired) electrons. The van der Waals surface area contributed by atoms with Crippen molar-refractivity contribution in [3.63, 3.8) is 0 Å². The van der Waals surface area contributed by atoms with Crippen LogP contribution >= 0.6 is 11.3 Å². The van der Waals surface area contributed by atoms with E-state index in [2.05, 4.69) is 60.5 Å². The van der Waals surface area contributed by atoms with Crippen molar-refractivity contribution in [3.8, 4) is 0 Å². The zero-order valence-corrected chi connectivity index (χ0v) is 22.8. The summed E-state index contributed by atoms with van der Waals surface area (Å²) < 4.78 is 0. The van der Waals surface area contributed by atoms with Crippen LogP contribution in [0.1, 0.15) is 44.9 Å². The molecule has 0 bridgehead atoms. The molecule has 2 aliphatic rings. The molecular weight excluding hydrogens is 490 g/mol. The molecule has 5 nitrogen and oxygen atoms in total. The highest BCUT2D eigenvalue weighted by Crippen LogP contribution is 2.40. The highest BCUT2D eigenvalue weighted by atomic mass is 32.1. The molecule has 2 amide bonds. The lowest BCUT2D eigenvalue weighted by molar-refractivity contribution is -0.138. The lowest BCUT2D eigenvalue weighted by Gasteiger charge is -2.43. The fourth-order valence-corrected chi connectivity index (χ4v) is 6.94. The molecule has 0 saturated carbocycles. The first-order valence-electron chi connectivity index (χ1n) is 13.5. The minimum atomic E-state index is -0.240. The van der Waals surface area contributed by atoms with Gasteiger partial charge in [-0.05, 0) is 71.3 Å². The van der Waals surface area contributed by atoms with Gasteiger partial charge in [0.15, 0.2) is 0 Å². The molecule has 0 N–H and O–H groups in total. The monoisotopic (exact) mass is 523 g/mol. The first kappa shape index (κ1) is 24.8. The average Bonchev–Trinajstić information content (AvgIpc) is 3.45. The molecule has 1 saturated heterocycles. The summed E-state index contributed by atoms with van der Waals surface area (Å²) in [5, 5.41) is 4.38. The Morgan fingerprint density at radius 1 is 0.816 bits per heavy atom. The van der Waals surface area contributed by atoms with Crippen molar-refractivity contribution >= 4 is 33.9 Å². The zero-order chi connectivity index (χ0) is 26.2. The van der Waals surface area contributed by atoms with E-state index in [0.29, 0.717) is 31.7 Å². The molecule has 4 aromatic rings. The maximum atomic E-state index is 13.8. The van der Waals surface area contributed by atoms with E-state index in [1.807, 2.05) is 57.5 Å². The fourth-order valence-electron chi connectivity index (χ4n) is 6.03. The van der Waals surface area contributed by atoms with Crippen LogP contribution in [0.2, 0.25) is 0 Å². The molecule has 194 valence electrons. The lowest BCUT2D eigenvalue weighted by Crippen LogP contribution is -2.56. The number of piperazine rings is 1. The third kappa shape index (κ3) is 4.52. The Kier molecular flexibility index (Phi) is 6.76. The number of amides is 2. The minimum Gasteiger partial charge on any atom is -0.338 e. The van der Waals surface area contributed by atoms with Crippen molar-refractivity contribution < 1.29 is 9.59 Å². The Labute approximate surface area is 228 Å². The summed E-state index contributed by atoms with van der Waals surface area (Å²) in [5.41, 5.74) is 4.57. The second kappa shape index (κ2) is 10.4. The average molecular weight is 524 g/mol. The highest BCUT2D eigenvalue weighted by Gasteiger charge is 2.38. The highest BCUT2D eigenvalue weighted by molar-refractivity contribution is 7.10. The van der Waals surface area contributed by atoms with E-state index in [1.165, 1.54) is 21.6 Å². The van der Waals surface area contributed by atoms with E-state index < -0.39 is 0 Å². The van der Waals surface area contributed by atoms with Crippen LogP contribution in [-0.4, -0.2) is 65.3 Å². The van der Waals surface area contributed by atoms with Crippen LogP contribution in [0.25, 0.3) is 10.8 Å². The number of aryl methyl sites for hydroxylation is 1. The Hall–Kier alpha value is -3.48. The van der Waals surface area contributed by atoms with Gasteiger partial charge < -0.3 is 9.80 Å². The van der Waals surface area contributed by atoms with Crippen LogP contribution in [0.4, 0.5) is 0 Å². The maximum Gasteiger partial charge on any atom is 0.253 e. The molecule has 6 heteroatoms. The number of thiophene rings is 1. The predicted molar refractivity (Wildman–Crippen MR) is 154 cm³/mol. The van der Waals surface area contributed by atoms with E-state index in [4.69, 9.17) is 0 Å². The summed E-state index contributed by atoms with van der Waals surface area (Å²) >= 11 is 1.82. The molecule has 0 spiro atoms. The number of rotatable bonds is 4. The third-order valence-corrected chi connectivity index (χ3v) is 9.21. The number of fused-ring (bicyclic) bond motifs is 2. The van der Waals surface area contributed by atoms with E-state index in [0.717, 1.165) is 23.7 Å². The fraction of sp³-hybridized carbons (Fsp3) is 0.312. The largest absolute Gasteiger partial charge is 0.338 e. The van der Waals surface area contributed by atoms with Crippen LogP contribution in [0.15, 0.2) is 78.2 Å². The first-order valence-corrected chi connectivity index (χ1v) is 14.3. The number of carbonyl (C=O) groups is 2. The molecule has 1 aromatic heterocycles. The minimum absolute atomic E-state index is 0.0385. The van der Waals surface area contributed by atoms with Gasteiger partial charge in [-0.3, -0.25) is 14.5 Å². The lowest BCUT2D eigenvalue weighted by atomic mass is 9.89. The second-order valence-electron chi connectivity index (χ2n) is 10.4. The SMILES string of the molecule is Cc1ccccc1[C@@H]1c2ccsc2CCN1[C@@H](C)C(=O)N1CCN(C(=O)c2ccc3ccccc3c2)CC1. The van der Waals surface area contributed by atoms with Crippen LogP contribution in [0, 0.1) is 6.92 Å². The summed E-state index contributed by atoms with van der Waals surface area (Å²) in [6.45, 7) is 7.31. The number of hydrogen-bond acceptors (Lipinski definition) is 4. The summed E-state index contributed by atoms with van der Waals surface area (Å²) in [7, 11) is 0. The van der Waals surface area contributed by atoms with Crippen molar-refractivity contribution in [2.24, 2.45) is 0 Å². The summed E-state index contributed by atoms with van der Waals surface area (Å²) in [6.07, 6.45) is 0.973. The Balaban J connectivity index is 1.16. The Bertz CT molecular complexity index is 1490. The van der Waals surface area contributed by atoms with Crippen LogP contribution < -0.4 is 0 Å². The van der Waals surface area contributed by atoms with E-state index in [1.54, 1.807) is 0 Å². The number of hydrogen-bond donors (Lipinski definition) is 0. The molecule has 0 unspecified atom stereocenters. The summed E-state index contributed by atoms with van der Waals surface area (Å²) in [5.74, 6) is 0.191. The van der Waals surface area contributed by atoms with E-state index >= 15 is 0 Å². The summed E-state index contributed by atoms with van der Waals surface area (Å²) in [6, 6.07) is 24.6. The molecule has 38 heavy (non-hydrogen) atoms. The van der Waals surface area contributed by atoms with Gasteiger partial charge in [0.2, 0.25) is 5.91 Å². The summed E-state index contributed by atoms with van der Waals surface area (Å²) in [4.78, 5) is 34.7. The second-order valence-corrected chi connectivity index (χ2v) is 11.4. The smallest absolute Gasteiger partial charge is 0.253 e. The van der Waals surface area contributed by atoms with Gasteiger partial charge in [-0.25, -0.2) is 0 Å². The topological polar surface area (TPSA) is 43.9 Å². The van der Waals surface area contributed by atoms with Crippen molar-refractivity contribution in [3.05, 3.63) is 105 Å². The molecule has 3 aromatic carbocycles. The van der Waals surface area contributed by atoms with Crippen molar-refractivity contribution in [2.45, 2.75) is 32.4 Å². The Morgan fingerprint density at radius 3 is 2.32 bits per heavy atom. The Morgan fingerprint density at radius 2 is 1.53 bits per heavy atom. The van der Waals surface area contributed by atoms with Crippen molar-refractivity contribution in [1.82, 2.24) is 14.7 Å². The quantitative estimate of drug-likeness (QED) is 0.353. The molecule has 1 fully saturated rings. The predicted octanol–water partition coefficient (Wildman–Crippen LogP) is 5.53. The van der Waals surface area contributed by atoms with Gasteiger partial charge in [0.05, 0.1) is 12.1 Å². The van der Waals surface area contributed by atoms with Gasteiger partial charge in [-0.15, -0.1) is 11.3 Å². The maximum absolute atomic E-state index is 13.8. The molecule has 2 atom stereocenters. The zero-order valence-electron chi connectivity index (χ0n) is 22.0. The third-order valence-electron chi connectivity index (χ3n) is 8.22. The van der Waals surface area contributed by atoms with Gasteiger partial charge >= 0.3 is 0 Å². The number of carbonyl (C=O) groups excluding carboxylic acids is 2. The molecular formula is C32H33N3O2S. The van der Waals surface area contributed by atoms with Gasteiger partial charge in [0.1, 0.15) is 0 Å². The molecule has 3 heterocycles. The van der Waals surface area contributed by atoms with Gasteiger partial charge in [0, 0.05) is 43.2 Å². The van der Waals surface area contributed by atoms with Gasteiger partial charge in [0.25, 0.3) is 5.91 Å². The van der Waals surface area contributed by atoms with Crippen LogP contribution in [-0.2, 0) is 11.2 Å². The van der Waals surface area contributed by atoms with Crippen LogP contribution in [0.5, 0.6) is 0 Å².